The molecular weight excluding hydrogens is 488 g/mol. The van der Waals surface area contributed by atoms with E-state index in [0.29, 0.717) is 44.9 Å². The number of nitrogens with one attached hydrogen (secondary N) is 2. The summed E-state index contributed by atoms with van der Waals surface area (Å²) in [6.07, 6.45) is 1.78. The lowest BCUT2D eigenvalue weighted by Gasteiger charge is -2.09. The first-order valence-corrected chi connectivity index (χ1v) is 11.8. The summed E-state index contributed by atoms with van der Waals surface area (Å²) < 4.78 is 34.7. The lowest BCUT2D eigenvalue weighted by atomic mass is 10.0. The Hall–Kier alpha value is -5.05. The van der Waals surface area contributed by atoms with Crippen molar-refractivity contribution >= 4 is 28.2 Å². The molecule has 0 radical (unpaired) electrons. The fourth-order valence-electron chi connectivity index (χ4n) is 4.50. The Morgan fingerprint density at radius 2 is 1.55 bits per heavy atom. The molecule has 3 aromatic carbocycles. The average molecular weight is 510 g/mol. The topological polar surface area (TPSA) is 84.5 Å². The normalized spacial score (nSPS) is 11.3. The predicted molar refractivity (Wildman–Crippen MR) is 142 cm³/mol. The van der Waals surface area contributed by atoms with Gasteiger partial charge in [0.15, 0.2) is 5.65 Å². The maximum Gasteiger partial charge on any atom is 0.255 e. The Morgan fingerprint density at radius 3 is 2.21 bits per heavy atom. The Morgan fingerprint density at radius 1 is 0.868 bits per heavy atom. The van der Waals surface area contributed by atoms with Crippen molar-refractivity contribution in [3.8, 4) is 33.8 Å². The fourth-order valence-corrected chi connectivity index (χ4v) is 4.50. The number of carbonyl (C=O) groups excluding carboxylic acids is 1. The molecule has 0 atom stereocenters. The highest BCUT2D eigenvalue weighted by molar-refractivity contribution is 6.12. The van der Waals surface area contributed by atoms with Gasteiger partial charge in [0, 0.05) is 47.9 Å². The zero-order chi connectivity index (χ0) is 26.4. The summed E-state index contributed by atoms with van der Waals surface area (Å²) in [5, 5.41) is 11.2. The Kier molecular flexibility index (Phi) is 5.60. The molecule has 7 nitrogen and oxygen atoms in total. The van der Waals surface area contributed by atoms with Crippen LogP contribution in [0, 0.1) is 11.6 Å². The second-order valence-electron chi connectivity index (χ2n) is 8.69. The summed E-state index contributed by atoms with van der Waals surface area (Å²) >= 11 is 0. The van der Waals surface area contributed by atoms with E-state index in [1.54, 1.807) is 49.1 Å². The molecule has 188 valence electrons. The van der Waals surface area contributed by atoms with E-state index >= 15 is 0 Å². The Bertz CT molecular complexity index is 1820. The first-order chi connectivity index (χ1) is 18.4. The highest BCUT2D eigenvalue weighted by atomic mass is 19.1. The van der Waals surface area contributed by atoms with Gasteiger partial charge in [0.1, 0.15) is 23.0 Å². The van der Waals surface area contributed by atoms with Crippen molar-refractivity contribution < 1.29 is 18.0 Å². The van der Waals surface area contributed by atoms with Crippen LogP contribution in [-0.4, -0.2) is 34.6 Å². The van der Waals surface area contributed by atoms with Crippen LogP contribution in [0.2, 0.25) is 0 Å². The van der Waals surface area contributed by atoms with E-state index in [9.17, 15) is 13.6 Å². The maximum absolute atomic E-state index is 13.5. The van der Waals surface area contributed by atoms with Crippen LogP contribution in [0.1, 0.15) is 10.4 Å². The van der Waals surface area contributed by atoms with Crippen molar-refractivity contribution in [1.29, 1.82) is 0 Å². The summed E-state index contributed by atoms with van der Waals surface area (Å²) in [6.45, 7) is 0. The molecule has 38 heavy (non-hydrogen) atoms. The number of aromatic nitrogens is 3. The molecule has 3 aromatic heterocycles. The largest absolute Gasteiger partial charge is 0.455 e. The highest BCUT2D eigenvalue weighted by Gasteiger charge is 2.24. The molecule has 0 bridgehead atoms. The molecule has 6 aromatic rings. The fraction of sp³-hybridized carbons (Fsp3) is 0.0690. The molecule has 3 heterocycles. The number of hydrogen-bond acceptors (Lipinski definition) is 5. The van der Waals surface area contributed by atoms with Crippen LogP contribution in [0.5, 0.6) is 0 Å². The lowest BCUT2D eigenvalue weighted by Crippen LogP contribution is -2.18. The molecule has 6 rings (SSSR count). The maximum atomic E-state index is 13.5. The van der Waals surface area contributed by atoms with Crippen molar-refractivity contribution in [1.82, 2.24) is 19.9 Å². The standard InChI is InChI=1S/C29H21F2N5O2/c1-32-23-14-25-21(27(29(37)33-2)28(38-25)17-5-9-19(31)10-6-17)13-20(23)22-11-12-26-34-24(15-36(26)35-22)16-3-7-18(30)8-4-16/h3-15,32H,1-2H3,(H,33,37). The van der Waals surface area contributed by atoms with Crippen LogP contribution < -0.4 is 10.6 Å². The van der Waals surface area contributed by atoms with E-state index < -0.39 is 0 Å². The molecule has 0 saturated carbocycles. The second-order valence-corrected chi connectivity index (χ2v) is 8.69. The minimum atomic E-state index is -0.380. The molecule has 0 aliphatic carbocycles. The number of benzene rings is 3. The van der Waals surface area contributed by atoms with Gasteiger partial charge in [-0.1, -0.05) is 0 Å². The average Bonchev–Trinajstić information content (AvgIpc) is 3.53. The predicted octanol–water partition coefficient (Wildman–Crippen LogP) is 6.16. The number of fused-ring (bicyclic) bond motifs is 2. The number of furan rings is 1. The first-order valence-electron chi connectivity index (χ1n) is 11.8. The van der Waals surface area contributed by atoms with E-state index in [0.717, 1.165) is 16.8 Å². The van der Waals surface area contributed by atoms with Crippen LogP contribution in [0.3, 0.4) is 0 Å². The number of hydrogen-bond donors (Lipinski definition) is 2. The van der Waals surface area contributed by atoms with Gasteiger partial charge >= 0.3 is 0 Å². The molecule has 0 aliphatic heterocycles. The number of anilines is 1. The van der Waals surface area contributed by atoms with Crippen molar-refractivity contribution in [2.75, 3.05) is 19.4 Å². The molecule has 0 aliphatic rings. The summed E-state index contributed by atoms with van der Waals surface area (Å²) in [6, 6.07) is 19.3. The molecule has 0 fully saturated rings. The van der Waals surface area contributed by atoms with Gasteiger partial charge in [-0.15, -0.1) is 0 Å². The minimum absolute atomic E-state index is 0.314. The van der Waals surface area contributed by atoms with Gasteiger partial charge in [-0.05, 0) is 66.7 Å². The van der Waals surface area contributed by atoms with Crippen LogP contribution in [-0.2, 0) is 0 Å². The van der Waals surface area contributed by atoms with Gasteiger partial charge in [0.25, 0.3) is 5.91 Å². The molecule has 0 spiro atoms. The van der Waals surface area contributed by atoms with E-state index in [1.165, 1.54) is 24.3 Å². The number of imidazole rings is 1. The van der Waals surface area contributed by atoms with E-state index in [4.69, 9.17) is 9.52 Å². The quantitative estimate of drug-likeness (QED) is 0.291. The SMILES string of the molecule is CNC(=O)c1c(-c2ccc(F)cc2)oc2cc(NC)c(-c3ccc4nc(-c5ccc(F)cc5)cn4n3)cc12. The molecule has 0 saturated heterocycles. The van der Waals surface area contributed by atoms with Crippen LogP contribution in [0.25, 0.3) is 50.5 Å². The molecule has 2 N–H and O–H groups in total. The molecule has 0 unspecified atom stereocenters. The molecular formula is C29H21F2N5O2. The highest BCUT2D eigenvalue weighted by Crippen LogP contribution is 2.39. The number of rotatable bonds is 5. The minimum Gasteiger partial charge on any atom is -0.455 e. The van der Waals surface area contributed by atoms with Crippen molar-refractivity contribution in [2.24, 2.45) is 0 Å². The lowest BCUT2D eigenvalue weighted by molar-refractivity contribution is 0.0964. The van der Waals surface area contributed by atoms with Gasteiger partial charge in [-0.25, -0.2) is 18.3 Å². The third-order valence-corrected chi connectivity index (χ3v) is 6.39. The Balaban J connectivity index is 1.51. The summed E-state index contributed by atoms with van der Waals surface area (Å²) in [4.78, 5) is 17.6. The summed E-state index contributed by atoms with van der Waals surface area (Å²) in [5.74, 6) is -0.672. The van der Waals surface area contributed by atoms with Gasteiger partial charge < -0.3 is 15.1 Å². The number of amides is 1. The zero-order valence-corrected chi connectivity index (χ0v) is 20.4. The second kappa shape index (κ2) is 9.11. The van der Waals surface area contributed by atoms with E-state index in [-0.39, 0.29) is 17.5 Å². The zero-order valence-electron chi connectivity index (χ0n) is 20.4. The van der Waals surface area contributed by atoms with Gasteiger partial charge in [-0.3, -0.25) is 4.79 Å². The number of halogens is 2. The number of carbonyl (C=O) groups is 1. The van der Waals surface area contributed by atoms with Crippen LogP contribution in [0.4, 0.5) is 14.5 Å². The monoisotopic (exact) mass is 509 g/mol. The van der Waals surface area contributed by atoms with Crippen LogP contribution >= 0.6 is 0 Å². The summed E-state index contributed by atoms with van der Waals surface area (Å²) in [5.41, 5.74) is 5.63. The molecule has 9 heteroatoms. The van der Waals surface area contributed by atoms with E-state index in [2.05, 4.69) is 15.6 Å². The molecule has 1 amide bonds. The first kappa shape index (κ1) is 23.4. The van der Waals surface area contributed by atoms with Crippen LogP contribution in [0.15, 0.2) is 83.4 Å². The smallest absolute Gasteiger partial charge is 0.255 e. The van der Waals surface area contributed by atoms with Gasteiger partial charge in [0.05, 0.1) is 23.1 Å². The van der Waals surface area contributed by atoms with Gasteiger partial charge in [0.2, 0.25) is 0 Å². The van der Waals surface area contributed by atoms with Gasteiger partial charge in [-0.2, -0.15) is 5.10 Å². The summed E-state index contributed by atoms with van der Waals surface area (Å²) in [7, 11) is 3.34. The van der Waals surface area contributed by atoms with Crippen molar-refractivity contribution in [2.45, 2.75) is 0 Å². The Labute approximate surface area is 215 Å². The van der Waals surface area contributed by atoms with Crippen molar-refractivity contribution in [3.63, 3.8) is 0 Å². The third-order valence-electron chi connectivity index (χ3n) is 6.39. The third kappa shape index (κ3) is 3.94. The number of nitrogens with zero attached hydrogens (tertiary/aromatic N) is 3. The van der Waals surface area contributed by atoms with Crippen molar-refractivity contribution in [3.05, 3.63) is 96.2 Å². The van der Waals surface area contributed by atoms with E-state index in [1.807, 2.05) is 24.3 Å².